The van der Waals surface area contributed by atoms with Gasteiger partial charge in [-0.1, -0.05) is 25.4 Å². The lowest BCUT2D eigenvalue weighted by atomic mass is 10.2. The molecule has 0 fully saturated rings. The number of carbonyl (C=O) groups excluding carboxylic acids is 2. The summed E-state index contributed by atoms with van der Waals surface area (Å²) in [4.78, 5) is 23.9. The summed E-state index contributed by atoms with van der Waals surface area (Å²) < 4.78 is 10.5. The van der Waals surface area contributed by atoms with Gasteiger partial charge in [0, 0.05) is 25.4 Å². The SMILES string of the molecule is CC(C)COCCCNC(=O)Nc1ccc(NC(=O)c2ccco2)c(Cl)c1. The molecule has 146 valence electrons. The predicted octanol–water partition coefficient (Wildman–Crippen LogP) is 4.37. The van der Waals surface area contributed by atoms with Crippen LogP contribution in [0.15, 0.2) is 41.0 Å². The highest BCUT2D eigenvalue weighted by Crippen LogP contribution is 2.26. The number of anilines is 2. The second-order valence-electron chi connectivity index (χ2n) is 6.33. The van der Waals surface area contributed by atoms with Gasteiger partial charge in [-0.15, -0.1) is 0 Å². The molecule has 0 saturated carbocycles. The average molecular weight is 394 g/mol. The maximum atomic E-state index is 12.0. The smallest absolute Gasteiger partial charge is 0.319 e. The number of urea groups is 1. The van der Waals surface area contributed by atoms with Crippen LogP contribution in [0.25, 0.3) is 0 Å². The molecule has 0 spiro atoms. The highest BCUT2D eigenvalue weighted by molar-refractivity contribution is 6.34. The lowest BCUT2D eigenvalue weighted by Crippen LogP contribution is -2.30. The quantitative estimate of drug-likeness (QED) is 0.551. The van der Waals surface area contributed by atoms with Crippen molar-refractivity contribution in [3.63, 3.8) is 0 Å². The number of ether oxygens (including phenoxy) is 1. The largest absolute Gasteiger partial charge is 0.459 e. The molecule has 27 heavy (non-hydrogen) atoms. The summed E-state index contributed by atoms with van der Waals surface area (Å²) in [6, 6.07) is 7.66. The molecule has 2 rings (SSSR count). The van der Waals surface area contributed by atoms with Crippen molar-refractivity contribution in [2.45, 2.75) is 20.3 Å². The molecule has 8 heteroatoms. The first-order valence-electron chi connectivity index (χ1n) is 8.72. The van der Waals surface area contributed by atoms with Gasteiger partial charge < -0.3 is 25.1 Å². The Bertz CT molecular complexity index is 747. The Morgan fingerprint density at radius 3 is 2.70 bits per heavy atom. The third-order valence-corrected chi connectivity index (χ3v) is 3.74. The number of hydrogen-bond acceptors (Lipinski definition) is 4. The number of hydrogen-bond donors (Lipinski definition) is 3. The van der Waals surface area contributed by atoms with E-state index < -0.39 is 5.91 Å². The third-order valence-electron chi connectivity index (χ3n) is 3.42. The molecule has 2 aromatic rings. The maximum absolute atomic E-state index is 12.0. The minimum atomic E-state index is -0.403. The molecular weight excluding hydrogens is 370 g/mol. The Balaban J connectivity index is 1.76. The standard InChI is InChI=1S/C19H24ClN3O4/c1-13(2)12-26-9-4-8-21-19(25)22-14-6-7-16(15(20)11-14)23-18(24)17-5-3-10-27-17/h3,5-7,10-11,13H,4,8-9,12H2,1-2H3,(H,23,24)(H2,21,22,25). The number of amides is 3. The topological polar surface area (TPSA) is 92.6 Å². The van der Waals surface area contributed by atoms with Gasteiger partial charge in [-0.05, 0) is 42.7 Å². The van der Waals surface area contributed by atoms with E-state index in [2.05, 4.69) is 29.8 Å². The molecule has 0 aliphatic heterocycles. The lowest BCUT2D eigenvalue weighted by molar-refractivity contribution is 0.0996. The number of carbonyl (C=O) groups is 2. The molecule has 0 aliphatic rings. The summed E-state index contributed by atoms with van der Waals surface area (Å²) in [6.07, 6.45) is 2.15. The van der Waals surface area contributed by atoms with Crippen LogP contribution in [0.1, 0.15) is 30.8 Å². The molecule has 0 unspecified atom stereocenters. The van der Waals surface area contributed by atoms with Crippen molar-refractivity contribution >= 4 is 34.9 Å². The second kappa shape index (κ2) is 10.6. The Labute approximate surface area is 163 Å². The Morgan fingerprint density at radius 2 is 2.04 bits per heavy atom. The van der Waals surface area contributed by atoms with E-state index in [1.807, 2.05) is 0 Å². The fourth-order valence-electron chi connectivity index (χ4n) is 2.16. The van der Waals surface area contributed by atoms with E-state index in [9.17, 15) is 9.59 Å². The van der Waals surface area contributed by atoms with Crippen LogP contribution in [-0.2, 0) is 4.74 Å². The second-order valence-corrected chi connectivity index (χ2v) is 6.74. The van der Waals surface area contributed by atoms with E-state index in [4.69, 9.17) is 20.8 Å². The van der Waals surface area contributed by atoms with Gasteiger partial charge >= 0.3 is 6.03 Å². The molecule has 1 aromatic carbocycles. The number of halogens is 1. The molecule has 0 aliphatic carbocycles. The third kappa shape index (κ3) is 7.32. The van der Waals surface area contributed by atoms with Crippen molar-refractivity contribution in [1.82, 2.24) is 5.32 Å². The van der Waals surface area contributed by atoms with Gasteiger partial charge in [-0.25, -0.2) is 4.79 Å². The Kier molecular flexibility index (Phi) is 8.16. The fourth-order valence-corrected chi connectivity index (χ4v) is 2.38. The van der Waals surface area contributed by atoms with Crippen LogP contribution in [0, 0.1) is 5.92 Å². The van der Waals surface area contributed by atoms with E-state index in [1.54, 1.807) is 30.3 Å². The van der Waals surface area contributed by atoms with Gasteiger partial charge in [0.1, 0.15) is 0 Å². The highest BCUT2D eigenvalue weighted by atomic mass is 35.5. The molecule has 1 heterocycles. The van der Waals surface area contributed by atoms with Crippen LogP contribution in [0.4, 0.5) is 16.2 Å². The first kappa shape index (κ1) is 20.8. The summed E-state index contributed by atoms with van der Waals surface area (Å²) in [6.45, 7) is 6.01. The maximum Gasteiger partial charge on any atom is 0.319 e. The zero-order chi connectivity index (χ0) is 19.6. The molecule has 0 bridgehead atoms. The normalized spacial score (nSPS) is 10.7. The van der Waals surface area contributed by atoms with Gasteiger partial charge in [0.15, 0.2) is 5.76 Å². The Hall–Kier alpha value is -2.51. The van der Waals surface area contributed by atoms with Crippen molar-refractivity contribution < 1.29 is 18.7 Å². The summed E-state index contributed by atoms with van der Waals surface area (Å²) in [5.41, 5.74) is 0.941. The van der Waals surface area contributed by atoms with Crippen LogP contribution in [0.2, 0.25) is 5.02 Å². The molecule has 3 amide bonds. The van der Waals surface area contributed by atoms with Crippen molar-refractivity contribution in [1.29, 1.82) is 0 Å². The molecule has 0 atom stereocenters. The minimum absolute atomic E-state index is 0.185. The number of benzene rings is 1. The van der Waals surface area contributed by atoms with Gasteiger partial charge in [-0.2, -0.15) is 0 Å². The van der Waals surface area contributed by atoms with Gasteiger partial charge in [0.25, 0.3) is 5.91 Å². The van der Waals surface area contributed by atoms with Crippen molar-refractivity contribution in [3.8, 4) is 0 Å². The minimum Gasteiger partial charge on any atom is -0.459 e. The van der Waals surface area contributed by atoms with Crippen LogP contribution in [0.3, 0.4) is 0 Å². The van der Waals surface area contributed by atoms with Gasteiger partial charge in [0.2, 0.25) is 0 Å². The highest BCUT2D eigenvalue weighted by Gasteiger charge is 2.11. The molecule has 7 nitrogen and oxygen atoms in total. The molecule has 1 aromatic heterocycles. The summed E-state index contributed by atoms with van der Waals surface area (Å²) in [5, 5.41) is 8.39. The van der Waals surface area contributed by atoms with E-state index in [0.29, 0.717) is 42.1 Å². The molecule has 0 radical (unpaired) electrons. The average Bonchev–Trinajstić information content (AvgIpc) is 3.15. The first-order chi connectivity index (χ1) is 13.0. The van der Waals surface area contributed by atoms with Crippen molar-refractivity contribution in [2.24, 2.45) is 5.92 Å². The van der Waals surface area contributed by atoms with E-state index >= 15 is 0 Å². The number of rotatable bonds is 9. The van der Waals surface area contributed by atoms with Gasteiger partial charge in [-0.3, -0.25) is 4.79 Å². The van der Waals surface area contributed by atoms with Crippen LogP contribution in [0.5, 0.6) is 0 Å². The summed E-state index contributed by atoms with van der Waals surface area (Å²) in [7, 11) is 0. The van der Waals surface area contributed by atoms with Crippen molar-refractivity contribution in [2.75, 3.05) is 30.4 Å². The van der Waals surface area contributed by atoms with Crippen LogP contribution >= 0.6 is 11.6 Å². The van der Waals surface area contributed by atoms with E-state index in [-0.39, 0.29) is 11.8 Å². The lowest BCUT2D eigenvalue weighted by Gasteiger charge is -2.11. The zero-order valence-electron chi connectivity index (χ0n) is 15.4. The summed E-state index contributed by atoms with van der Waals surface area (Å²) >= 11 is 6.17. The Morgan fingerprint density at radius 1 is 1.22 bits per heavy atom. The van der Waals surface area contributed by atoms with Gasteiger partial charge in [0.05, 0.1) is 17.0 Å². The predicted molar refractivity (Wildman–Crippen MR) is 105 cm³/mol. The van der Waals surface area contributed by atoms with Crippen LogP contribution in [-0.4, -0.2) is 31.7 Å². The molecule has 3 N–H and O–H groups in total. The van der Waals surface area contributed by atoms with E-state index in [1.165, 1.54) is 6.26 Å². The molecule has 0 saturated heterocycles. The summed E-state index contributed by atoms with van der Waals surface area (Å²) in [5.74, 6) is 0.280. The molecular formula is C19H24ClN3O4. The van der Waals surface area contributed by atoms with E-state index in [0.717, 1.165) is 6.42 Å². The first-order valence-corrected chi connectivity index (χ1v) is 9.10. The number of nitrogens with one attached hydrogen (secondary N) is 3. The fraction of sp³-hybridized carbons (Fsp3) is 0.368. The zero-order valence-corrected chi connectivity index (χ0v) is 16.1. The monoisotopic (exact) mass is 393 g/mol. The number of furan rings is 1. The van der Waals surface area contributed by atoms with Crippen molar-refractivity contribution in [3.05, 3.63) is 47.4 Å². The van der Waals surface area contributed by atoms with Crippen LogP contribution < -0.4 is 16.0 Å².